The molecule has 1 saturated carbocycles. The quantitative estimate of drug-likeness (QED) is 0.605. The summed E-state index contributed by atoms with van der Waals surface area (Å²) in [6.07, 6.45) is 10.8. The molecule has 0 bridgehead atoms. The van der Waals surface area contributed by atoms with Crippen LogP contribution in [0.15, 0.2) is 0 Å². The van der Waals surface area contributed by atoms with Crippen molar-refractivity contribution in [2.75, 3.05) is 0 Å². The lowest BCUT2D eigenvalue weighted by Gasteiger charge is -2.39. The lowest BCUT2D eigenvalue weighted by Crippen LogP contribution is -2.43. The lowest BCUT2D eigenvalue weighted by atomic mass is 9.61. The van der Waals surface area contributed by atoms with Crippen LogP contribution in [0.3, 0.4) is 0 Å². The molecule has 0 aromatic carbocycles. The molecule has 0 aromatic rings. The largest absolute Gasteiger partial charge is 0.297 e. The summed E-state index contributed by atoms with van der Waals surface area (Å²) >= 11 is 0. The number of ketones is 1. The van der Waals surface area contributed by atoms with E-state index in [0.29, 0.717) is 0 Å². The molecule has 1 unspecified atom stereocenters. The van der Waals surface area contributed by atoms with Crippen molar-refractivity contribution in [3.63, 3.8) is 0 Å². The van der Waals surface area contributed by atoms with Crippen molar-refractivity contribution in [2.45, 2.75) is 85.0 Å². The molecular weight excluding hydrogens is 234 g/mol. The van der Waals surface area contributed by atoms with Gasteiger partial charge >= 0.3 is 0 Å². The van der Waals surface area contributed by atoms with Gasteiger partial charge in [-0.1, -0.05) is 65.7 Å². The summed E-state index contributed by atoms with van der Waals surface area (Å²) in [5.41, 5.74) is -0.970. The summed E-state index contributed by atoms with van der Waals surface area (Å²) in [4.78, 5) is 12.5. The SMILES string of the molecule is CCCCCCCCC1(C#N)CCCC(C)(C)C1=O. The van der Waals surface area contributed by atoms with E-state index in [1.54, 1.807) is 0 Å². The molecule has 1 fully saturated rings. The molecule has 0 radical (unpaired) electrons. The molecule has 1 atom stereocenters. The summed E-state index contributed by atoms with van der Waals surface area (Å²) in [5.74, 6) is 0.197. The van der Waals surface area contributed by atoms with Crippen LogP contribution in [0, 0.1) is 22.2 Å². The maximum Gasteiger partial charge on any atom is 0.158 e. The van der Waals surface area contributed by atoms with Crippen LogP contribution < -0.4 is 0 Å². The Bertz CT molecular complexity index is 340. The van der Waals surface area contributed by atoms with Gasteiger partial charge in [-0.15, -0.1) is 0 Å². The van der Waals surface area contributed by atoms with Crippen LogP contribution in [0.5, 0.6) is 0 Å². The van der Waals surface area contributed by atoms with Gasteiger partial charge in [0, 0.05) is 5.41 Å². The highest BCUT2D eigenvalue weighted by atomic mass is 16.1. The Morgan fingerprint density at radius 1 is 1.11 bits per heavy atom. The van der Waals surface area contributed by atoms with Crippen LogP contribution in [-0.2, 0) is 4.79 Å². The Kier molecular flexibility index (Phi) is 6.04. The molecule has 108 valence electrons. The van der Waals surface area contributed by atoms with E-state index in [2.05, 4.69) is 13.0 Å². The summed E-state index contributed by atoms with van der Waals surface area (Å²) in [5, 5.41) is 9.51. The average Bonchev–Trinajstić information content (AvgIpc) is 2.38. The van der Waals surface area contributed by atoms with Crippen LogP contribution in [0.25, 0.3) is 0 Å². The topological polar surface area (TPSA) is 40.9 Å². The Morgan fingerprint density at radius 2 is 1.74 bits per heavy atom. The number of unbranched alkanes of at least 4 members (excludes halogenated alkanes) is 5. The Morgan fingerprint density at radius 3 is 2.37 bits per heavy atom. The fraction of sp³-hybridized carbons (Fsp3) is 0.882. The zero-order chi connectivity index (χ0) is 14.4. The average molecular weight is 263 g/mol. The minimum absolute atomic E-state index is 0.197. The van der Waals surface area contributed by atoms with Gasteiger partial charge in [0.1, 0.15) is 5.41 Å². The first-order valence-electron chi connectivity index (χ1n) is 7.95. The molecule has 1 aliphatic carbocycles. The molecule has 0 heterocycles. The third-order valence-corrected chi connectivity index (χ3v) is 4.63. The molecule has 1 aliphatic rings. The molecule has 0 aliphatic heterocycles. The molecule has 19 heavy (non-hydrogen) atoms. The summed E-state index contributed by atoms with van der Waals surface area (Å²) in [6, 6.07) is 2.38. The fourth-order valence-electron chi connectivity index (χ4n) is 3.32. The van der Waals surface area contributed by atoms with Crippen molar-refractivity contribution in [2.24, 2.45) is 10.8 Å². The molecule has 2 heteroatoms. The van der Waals surface area contributed by atoms with Crippen LogP contribution in [-0.4, -0.2) is 5.78 Å². The van der Waals surface area contributed by atoms with Crippen molar-refractivity contribution in [3.8, 4) is 6.07 Å². The zero-order valence-corrected chi connectivity index (χ0v) is 12.9. The van der Waals surface area contributed by atoms with E-state index in [0.717, 1.165) is 38.5 Å². The normalized spacial score (nSPS) is 26.1. The van der Waals surface area contributed by atoms with E-state index >= 15 is 0 Å². The number of rotatable bonds is 7. The predicted octanol–water partition coefficient (Wildman–Crippen LogP) is 5.03. The number of carbonyl (C=O) groups excluding carboxylic acids is 1. The number of hydrogen-bond acceptors (Lipinski definition) is 2. The van der Waals surface area contributed by atoms with Crippen LogP contribution in [0.4, 0.5) is 0 Å². The van der Waals surface area contributed by atoms with Crippen LogP contribution in [0.1, 0.15) is 85.0 Å². The highest BCUT2D eigenvalue weighted by molar-refractivity contribution is 5.92. The van der Waals surface area contributed by atoms with Crippen molar-refractivity contribution < 1.29 is 4.79 Å². The third-order valence-electron chi connectivity index (χ3n) is 4.63. The van der Waals surface area contributed by atoms with Crippen LogP contribution >= 0.6 is 0 Å². The van der Waals surface area contributed by atoms with Crippen molar-refractivity contribution in [1.29, 1.82) is 5.26 Å². The van der Waals surface area contributed by atoms with E-state index in [4.69, 9.17) is 0 Å². The summed E-state index contributed by atoms with van der Waals surface area (Å²) in [7, 11) is 0. The number of Topliss-reactive ketones (excluding diaryl/α,β-unsaturated/α-hetero) is 1. The standard InChI is InChI=1S/C17H29NO/c1-4-5-6-7-8-9-12-17(14-18)13-10-11-16(2,3)15(17)19/h4-13H2,1-3H3. The number of carbonyl (C=O) groups is 1. The van der Waals surface area contributed by atoms with Gasteiger partial charge in [-0.2, -0.15) is 5.26 Å². The van der Waals surface area contributed by atoms with Gasteiger partial charge in [0.25, 0.3) is 0 Å². The maximum absolute atomic E-state index is 12.5. The zero-order valence-electron chi connectivity index (χ0n) is 12.9. The van der Waals surface area contributed by atoms with E-state index in [1.165, 1.54) is 25.7 Å². The Labute approximate surface area is 118 Å². The highest BCUT2D eigenvalue weighted by Gasteiger charge is 2.48. The second-order valence-electron chi connectivity index (χ2n) is 6.78. The first kappa shape index (κ1) is 16.2. The van der Waals surface area contributed by atoms with Gasteiger partial charge in [-0.25, -0.2) is 0 Å². The molecule has 0 amide bonds. The summed E-state index contributed by atoms with van der Waals surface area (Å²) in [6.45, 7) is 6.22. The highest BCUT2D eigenvalue weighted by Crippen LogP contribution is 2.45. The minimum Gasteiger partial charge on any atom is -0.297 e. The van der Waals surface area contributed by atoms with Gasteiger partial charge in [-0.05, 0) is 19.3 Å². The van der Waals surface area contributed by atoms with Crippen molar-refractivity contribution in [1.82, 2.24) is 0 Å². The molecule has 1 rings (SSSR count). The van der Waals surface area contributed by atoms with Gasteiger partial charge < -0.3 is 0 Å². The predicted molar refractivity (Wildman–Crippen MR) is 78.7 cm³/mol. The third kappa shape index (κ3) is 4.06. The van der Waals surface area contributed by atoms with E-state index in [-0.39, 0.29) is 11.2 Å². The number of nitrogens with zero attached hydrogens (tertiary/aromatic N) is 1. The molecule has 0 spiro atoms. The monoisotopic (exact) mass is 263 g/mol. The minimum atomic E-state index is -0.674. The van der Waals surface area contributed by atoms with E-state index in [1.807, 2.05) is 13.8 Å². The Balaban J connectivity index is 2.48. The van der Waals surface area contributed by atoms with E-state index < -0.39 is 5.41 Å². The van der Waals surface area contributed by atoms with Gasteiger partial charge in [-0.3, -0.25) is 4.79 Å². The number of hydrogen-bond donors (Lipinski definition) is 0. The van der Waals surface area contributed by atoms with Crippen molar-refractivity contribution in [3.05, 3.63) is 0 Å². The second-order valence-corrected chi connectivity index (χ2v) is 6.78. The maximum atomic E-state index is 12.5. The smallest absolute Gasteiger partial charge is 0.158 e. The Hall–Kier alpha value is -0.840. The fourth-order valence-corrected chi connectivity index (χ4v) is 3.32. The molecule has 0 aromatic heterocycles. The van der Waals surface area contributed by atoms with Gasteiger partial charge in [0.2, 0.25) is 0 Å². The molecule has 0 saturated heterocycles. The first-order chi connectivity index (χ1) is 8.98. The molecule has 0 N–H and O–H groups in total. The second kappa shape index (κ2) is 7.08. The van der Waals surface area contributed by atoms with Gasteiger partial charge in [0.05, 0.1) is 6.07 Å². The summed E-state index contributed by atoms with van der Waals surface area (Å²) < 4.78 is 0. The first-order valence-corrected chi connectivity index (χ1v) is 7.95. The van der Waals surface area contributed by atoms with Crippen LogP contribution in [0.2, 0.25) is 0 Å². The number of nitriles is 1. The molecular formula is C17H29NO. The lowest BCUT2D eigenvalue weighted by molar-refractivity contribution is -0.138. The van der Waals surface area contributed by atoms with Gasteiger partial charge in [0.15, 0.2) is 5.78 Å². The van der Waals surface area contributed by atoms with Crippen molar-refractivity contribution >= 4 is 5.78 Å². The molecule has 2 nitrogen and oxygen atoms in total. The van der Waals surface area contributed by atoms with E-state index in [9.17, 15) is 10.1 Å².